The molecule has 0 saturated carbocycles. The van der Waals surface area contributed by atoms with Crippen molar-refractivity contribution in [3.05, 3.63) is 72.3 Å². The maximum Gasteiger partial charge on any atom is 0.305 e. The van der Waals surface area contributed by atoms with Crippen molar-refractivity contribution >= 4 is 58.0 Å². The van der Waals surface area contributed by atoms with E-state index in [2.05, 4.69) is 5.32 Å². The molecule has 0 saturated heterocycles. The van der Waals surface area contributed by atoms with E-state index in [0.29, 0.717) is 5.39 Å². The molecule has 41 heavy (non-hydrogen) atoms. The molecule has 0 spiro atoms. The molecule has 1 aliphatic heterocycles. The third-order valence-corrected chi connectivity index (χ3v) is 6.57. The molecular formula is C29H28N4O8. The smallest absolute Gasteiger partial charge is 0.305 e. The van der Waals surface area contributed by atoms with Crippen LogP contribution >= 0.6 is 0 Å². The van der Waals surface area contributed by atoms with E-state index in [-0.39, 0.29) is 36.4 Å². The molecule has 2 atom stereocenters. The van der Waals surface area contributed by atoms with E-state index < -0.39 is 48.1 Å². The van der Waals surface area contributed by atoms with Crippen LogP contribution in [-0.4, -0.2) is 78.3 Å². The Bertz CT molecular complexity index is 1520. The first-order valence-corrected chi connectivity index (χ1v) is 12.7. The highest BCUT2D eigenvalue weighted by Crippen LogP contribution is 2.35. The number of carbonyl (C=O) groups excluding carboxylic acids is 5. The van der Waals surface area contributed by atoms with Crippen molar-refractivity contribution in [2.45, 2.75) is 25.4 Å². The zero-order valence-corrected chi connectivity index (χ0v) is 22.4. The molecule has 1 heterocycles. The molecule has 12 heteroatoms. The monoisotopic (exact) mass is 560 g/mol. The summed E-state index contributed by atoms with van der Waals surface area (Å²) < 4.78 is 5.03. The predicted molar refractivity (Wildman–Crippen MR) is 148 cm³/mol. The van der Waals surface area contributed by atoms with Gasteiger partial charge in [-0.3, -0.25) is 24.0 Å². The average molecular weight is 561 g/mol. The summed E-state index contributed by atoms with van der Waals surface area (Å²) in [4.78, 5) is 78.7. The topological polar surface area (TPSA) is 154 Å². The quantitative estimate of drug-likeness (QED) is 0.376. The molecule has 12 nitrogen and oxygen atoms in total. The van der Waals surface area contributed by atoms with Crippen LogP contribution in [0.2, 0.25) is 0 Å². The molecule has 4 rings (SSSR count). The van der Waals surface area contributed by atoms with Crippen LogP contribution in [0.4, 0.5) is 11.4 Å². The van der Waals surface area contributed by atoms with Gasteiger partial charge >= 0.3 is 5.97 Å². The number of nitrogens with one attached hydrogen (secondary N) is 1. The number of benzene rings is 3. The zero-order chi connectivity index (χ0) is 29.7. The summed E-state index contributed by atoms with van der Waals surface area (Å²) in [6.07, 6.45) is -0.526. The summed E-state index contributed by atoms with van der Waals surface area (Å²) in [5, 5.41) is 15.1. The van der Waals surface area contributed by atoms with Crippen molar-refractivity contribution < 1.29 is 38.6 Å². The second-order valence-corrected chi connectivity index (χ2v) is 9.29. The van der Waals surface area contributed by atoms with E-state index in [1.54, 1.807) is 36.4 Å². The second kappa shape index (κ2) is 12.4. The number of aliphatic carboxylic acids is 1. The molecule has 0 fully saturated rings. The van der Waals surface area contributed by atoms with Crippen molar-refractivity contribution in [1.82, 2.24) is 10.3 Å². The van der Waals surface area contributed by atoms with Gasteiger partial charge in [-0.1, -0.05) is 48.5 Å². The number of fused-ring (bicyclic) bond motifs is 2. The number of hydrazine groups is 1. The Kier molecular flexibility index (Phi) is 8.73. The van der Waals surface area contributed by atoms with Crippen molar-refractivity contribution in [2.75, 3.05) is 30.2 Å². The molecule has 0 bridgehead atoms. The molecule has 3 aromatic rings. The van der Waals surface area contributed by atoms with Gasteiger partial charge in [0.15, 0.2) is 0 Å². The number of carbonyl (C=O) groups is 6. The summed E-state index contributed by atoms with van der Waals surface area (Å²) >= 11 is 0. The summed E-state index contributed by atoms with van der Waals surface area (Å²) in [5.74, 6) is -4.18. The number of hydrogen-bond acceptors (Lipinski definition) is 7. The van der Waals surface area contributed by atoms with Gasteiger partial charge in [-0.2, -0.15) is 0 Å². The molecule has 0 radical (unpaired) electrons. The van der Waals surface area contributed by atoms with Crippen molar-refractivity contribution in [1.29, 1.82) is 0 Å². The lowest BCUT2D eigenvalue weighted by atomic mass is 10.0. The predicted octanol–water partition coefficient (Wildman–Crippen LogP) is 1.77. The van der Waals surface area contributed by atoms with Crippen LogP contribution < -0.4 is 15.2 Å². The number of methoxy groups -OCH3 is 1. The maximum absolute atomic E-state index is 14.2. The van der Waals surface area contributed by atoms with E-state index in [0.717, 1.165) is 22.3 Å². The lowest BCUT2D eigenvalue weighted by Crippen LogP contribution is -2.61. The van der Waals surface area contributed by atoms with Gasteiger partial charge in [0.2, 0.25) is 5.91 Å². The van der Waals surface area contributed by atoms with Gasteiger partial charge in [0.05, 0.1) is 24.3 Å². The van der Waals surface area contributed by atoms with E-state index in [4.69, 9.17) is 4.74 Å². The summed E-state index contributed by atoms with van der Waals surface area (Å²) in [6.45, 7) is 0.400. The SMILES string of the molecule is COCC(=O)N1C[C@H](NC(=O)c2cccc3ccccc23)C(=O)N(N(C(C)=O)[C@H](C=O)CC(=O)O)c2ccccc21. The molecule has 0 aliphatic carbocycles. The molecule has 4 amide bonds. The summed E-state index contributed by atoms with van der Waals surface area (Å²) in [7, 11) is 1.33. The van der Waals surface area contributed by atoms with Crippen LogP contribution in [0.25, 0.3) is 10.8 Å². The Hall–Kier alpha value is -5.10. The van der Waals surface area contributed by atoms with Gasteiger partial charge in [0, 0.05) is 19.6 Å². The number of carboxylic acid groups (broad SMARTS) is 1. The lowest BCUT2D eigenvalue weighted by Gasteiger charge is -2.38. The van der Waals surface area contributed by atoms with Gasteiger partial charge in [0.25, 0.3) is 17.7 Å². The van der Waals surface area contributed by atoms with Crippen molar-refractivity contribution in [3.8, 4) is 0 Å². The summed E-state index contributed by atoms with van der Waals surface area (Å²) in [5.41, 5.74) is 0.506. The molecule has 1 aliphatic rings. The number of amides is 4. The Morgan fingerprint density at radius 2 is 1.71 bits per heavy atom. The molecule has 0 aromatic heterocycles. The van der Waals surface area contributed by atoms with Crippen molar-refractivity contribution in [2.24, 2.45) is 0 Å². The van der Waals surface area contributed by atoms with Gasteiger partial charge in [-0.25, -0.2) is 10.0 Å². The molecule has 2 N–H and O–H groups in total. The van der Waals surface area contributed by atoms with Crippen LogP contribution in [0.3, 0.4) is 0 Å². The first kappa shape index (κ1) is 28.9. The highest BCUT2D eigenvalue weighted by Gasteiger charge is 2.42. The standard InChI is InChI=1S/C29H28N4O8/c1-18(35)32(20(16-34)14-27(37)38)33-25-13-6-5-12-24(25)31(26(36)17-41-2)15-23(29(33)40)30-28(39)22-11-7-9-19-8-3-4-10-21(19)22/h3-13,16,20,23H,14-15,17H2,1-2H3,(H,30,39)(H,37,38)/t20-,23-/m0/s1. The minimum absolute atomic E-state index is 0.0382. The van der Waals surface area contributed by atoms with E-state index in [1.807, 2.05) is 18.2 Å². The van der Waals surface area contributed by atoms with Crippen LogP contribution in [-0.2, 0) is 28.7 Å². The fraction of sp³-hybridized carbons (Fsp3) is 0.241. The average Bonchev–Trinajstić information content (AvgIpc) is 3.07. The summed E-state index contributed by atoms with van der Waals surface area (Å²) in [6, 6.07) is 15.5. The van der Waals surface area contributed by atoms with Crippen LogP contribution in [0.1, 0.15) is 23.7 Å². The first-order chi connectivity index (χ1) is 19.7. The van der Waals surface area contributed by atoms with Gasteiger partial charge < -0.3 is 24.9 Å². The van der Waals surface area contributed by atoms with E-state index >= 15 is 0 Å². The molecular weight excluding hydrogens is 532 g/mol. The highest BCUT2D eigenvalue weighted by molar-refractivity contribution is 6.12. The number of aldehydes is 1. The largest absolute Gasteiger partial charge is 0.481 e. The van der Waals surface area contributed by atoms with Crippen LogP contribution in [0, 0.1) is 0 Å². The van der Waals surface area contributed by atoms with Gasteiger partial charge in [-0.15, -0.1) is 0 Å². The number of ether oxygens (including phenoxy) is 1. The highest BCUT2D eigenvalue weighted by atomic mass is 16.5. The molecule has 212 valence electrons. The Morgan fingerprint density at radius 1 is 1.05 bits per heavy atom. The number of hydrogen-bond donors (Lipinski definition) is 2. The number of nitrogens with zero attached hydrogens (tertiary/aromatic N) is 3. The van der Waals surface area contributed by atoms with Crippen LogP contribution in [0.15, 0.2) is 66.7 Å². The fourth-order valence-electron chi connectivity index (χ4n) is 4.82. The normalized spacial score (nSPS) is 15.5. The number of para-hydroxylation sites is 2. The van der Waals surface area contributed by atoms with E-state index in [1.165, 1.54) is 24.1 Å². The Balaban J connectivity index is 1.85. The molecule has 0 unspecified atom stereocenters. The van der Waals surface area contributed by atoms with Gasteiger partial charge in [-0.05, 0) is 29.0 Å². The molecule has 3 aromatic carbocycles. The minimum Gasteiger partial charge on any atom is -0.481 e. The van der Waals surface area contributed by atoms with Crippen LogP contribution in [0.5, 0.6) is 0 Å². The number of rotatable bonds is 9. The van der Waals surface area contributed by atoms with E-state index in [9.17, 15) is 33.9 Å². The number of anilines is 2. The Morgan fingerprint density at radius 3 is 2.37 bits per heavy atom. The lowest BCUT2D eigenvalue weighted by molar-refractivity contribution is -0.145. The third-order valence-electron chi connectivity index (χ3n) is 6.57. The first-order valence-electron chi connectivity index (χ1n) is 12.7. The number of carboxylic acids is 1. The minimum atomic E-state index is -1.56. The zero-order valence-electron chi connectivity index (χ0n) is 22.4. The Labute approximate surface area is 235 Å². The van der Waals surface area contributed by atoms with Crippen molar-refractivity contribution in [3.63, 3.8) is 0 Å². The van der Waals surface area contributed by atoms with Gasteiger partial charge in [0.1, 0.15) is 25.0 Å². The fourth-order valence-corrected chi connectivity index (χ4v) is 4.82. The second-order valence-electron chi connectivity index (χ2n) is 9.29. The maximum atomic E-state index is 14.2. The third kappa shape index (κ3) is 5.92.